The van der Waals surface area contributed by atoms with E-state index in [1.165, 1.54) is 19.5 Å². The van der Waals surface area contributed by atoms with E-state index in [4.69, 9.17) is 0 Å². The van der Waals surface area contributed by atoms with Crippen LogP contribution in [0.15, 0.2) is 0 Å². The molecule has 0 radical (unpaired) electrons. The molecule has 0 atom stereocenters. The second-order valence-corrected chi connectivity index (χ2v) is 8.87. The van der Waals surface area contributed by atoms with E-state index in [1.807, 2.05) is 4.90 Å². The summed E-state index contributed by atoms with van der Waals surface area (Å²) in [6.07, 6.45) is 2.31. The average Bonchev–Trinajstić information content (AvgIpc) is 2.90. The smallest absolute Gasteiger partial charge is 0.459 e. The van der Waals surface area contributed by atoms with E-state index in [0.717, 1.165) is 32.1 Å². The minimum Gasteiger partial charge on any atom is -0.459 e. The van der Waals surface area contributed by atoms with Gasteiger partial charge in [0.2, 0.25) is 0 Å². The van der Waals surface area contributed by atoms with Gasteiger partial charge in [-0.05, 0) is 44.3 Å². The Morgan fingerprint density at radius 1 is 0.893 bits per heavy atom. The second-order valence-electron chi connectivity index (χ2n) is 8.87. The predicted molar refractivity (Wildman–Crippen MR) is 120 cm³/mol. The van der Waals surface area contributed by atoms with E-state index >= 15 is 0 Å². The fourth-order valence-electron chi connectivity index (χ4n) is 2.68. The van der Waals surface area contributed by atoms with Crippen molar-refractivity contribution in [3.63, 3.8) is 0 Å². The summed E-state index contributed by atoms with van der Waals surface area (Å²) < 4.78 is 0. The maximum Gasteiger partial charge on any atom is 2.00 e. The van der Waals surface area contributed by atoms with Crippen LogP contribution in [0.2, 0.25) is 0 Å². The molecular formula is C23H49N3W2. The van der Waals surface area contributed by atoms with Gasteiger partial charge in [-0.25, -0.2) is 0 Å². The van der Waals surface area contributed by atoms with Gasteiger partial charge in [-0.2, -0.15) is 6.42 Å². The zero-order chi connectivity index (χ0) is 20.9. The minimum absolute atomic E-state index is 0. The molecule has 0 bridgehead atoms. The van der Waals surface area contributed by atoms with Crippen molar-refractivity contribution in [2.24, 2.45) is 5.41 Å². The summed E-state index contributed by atoms with van der Waals surface area (Å²) in [7, 11) is 3.82. The maximum absolute atomic E-state index is 3.82. The quantitative estimate of drug-likeness (QED) is 0.334. The number of hydrogen-bond acceptors (Lipinski definition) is 3. The molecule has 0 aromatic carbocycles. The summed E-state index contributed by atoms with van der Waals surface area (Å²) in [5, 5.41) is 0. The van der Waals surface area contributed by atoms with E-state index in [0.29, 0.717) is 17.5 Å². The third-order valence-corrected chi connectivity index (χ3v) is 4.92. The summed E-state index contributed by atoms with van der Waals surface area (Å²) >= 11 is 0. The number of likely N-dealkylation sites (tertiary alicyclic amines) is 1. The molecule has 0 aromatic heterocycles. The molecule has 1 saturated heterocycles. The Balaban J connectivity index is -0.000000151. The van der Waals surface area contributed by atoms with Crippen molar-refractivity contribution in [1.29, 1.82) is 0 Å². The molecule has 168 valence electrons. The molecule has 0 spiro atoms. The SMILES string of the molecule is CC(C)N1CCC(C)(C)C1.[CH2-]CCN([CH2-])C(C)C.[CH2-]CN(C[CH2-])C(C)C.[W+2].[W+2]. The summed E-state index contributed by atoms with van der Waals surface area (Å²) in [5.41, 5.74) is 0.574. The van der Waals surface area contributed by atoms with Crippen LogP contribution in [-0.4, -0.2) is 65.5 Å². The van der Waals surface area contributed by atoms with Crippen molar-refractivity contribution in [3.05, 3.63) is 27.8 Å². The Kier molecular flexibility index (Phi) is 26.4. The van der Waals surface area contributed by atoms with Crippen LogP contribution in [0.3, 0.4) is 0 Å². The third kappa shape index (κ3) is 19.2. The van der Waals surface area contributed by atoms with Crippen molar-refractivity contribution in [1.82, 2.24) is 14.7 Å². The summed E-state index contributed by atoms with van der Waals surface area (Å²) in [5.74, 6) is 0. The van der Waals surface area contributed by atoms with Crippen LogP contribution >= 0.6 is 0 Å². The van der Waals surface area contributed by atoms with Gasteiger partial charge in [0, 0.05) is 12.6 Å². The molecule has 1 fully saturated rings. The van der Waals surface area contributed by atoms with Crippen LogP contribution in [0.5, 0.6) is 0 Å². The molecule has 3 nitrogen and oxygen atoms in total. The molecule has 0 N–H and O–H groups in total. The van der Waals surface area contributed by atoms with Crippen molar-refractivity contribution < 1.29 is 42.1 Å². The monoisotopic (exact) mass is 735 g/mol. The van der Waals surface area contributed by atoms with E-state index in [1.54, 1.807) is 0 Å². The minimum atomic E-state index is 0. The molecule has 0 aromatic rings. The maximum atomic E-state index is 3.82. The normalized spacial score (nSPS) is 15.8. The summed E-state index contributed by atoms with van der Waals surface area (Å²) in [6.45, 7) is 34.4. The Hall–Kier alpha value is 1.26. The average molecular weight is 735 g/mol. The van der Waals surface area contributed by atoms with Gasteiger partial charge in [0.15, 0.2) is 0 Å². The van der Waals surface area contributed by atoms with Gasteiger partial charge in [0.25, 0.3) is 0 Å². The van der Waals surface area contributed by atoms with Crippen LogP contribution < -0.4 is 0 Å². The van der Waals surface area contributed by atoms with E-state index in [-0.39, 0.29) is 42.1 Å². The predicted octanol–water partition coefficient (Wildman–Crippen LogP) is 5.20. The molecule has 1 heterocycles. The van der Waals surface area contributed by atoms with Gasteiger partial charge < -0.3 is 35.5 Å². The van der Waals surface area contributed by atoms with Crippen LogP contribution in [0.1, 0.15) is 68.2 Å². The molecule has 0 saturated carbocycles. The molecule has 0 amide bonds. The fraction of sp³-hybridized carbons (Fsp3) is 0.826. The molecular weight excluding hydrogens is 686 g/mol. The van der Waals surface area contributed by atoms with Crippen molar-refractivity contribution in [3.8, 4) is 0 Å². The van der Waals surface area contributed by atoms with Crippen molar-refractivity contribution in [2.45, 2.75) is 86.4 Å². The first-order valence-electron chi connectivity index (χ1n) is 10.3. The standard InChI is InChI=1S/C9H19N.2C7H15N.2W/c1-8(2)10-6-5-9(3,4)7-10;1-5-6-8(4)7(2)3;1-5-8(6-2)7(3)4;;/h8H,5-7H2,1-4H3;7H,1,4-6H2,2-3H3;7H,1-2,5-6H2,3-4H3;;/q;2*-2;2*+2. The Labute approximate surface area is 208 Å². The van der Waals surface area contributed by atoms with Gasteiger partial charge in [0.05, 0.1) is 0 Å². The Morgan fingerprint density at radius 2 is 1.36 bits per heavy atom. The van der Waals surface area contributed by atoms with Gasteiger partial charge in [-0.3, -0.25) is 7.05 Å². The first-order chi connectivity index (χ1) is 11.9. The van der Waals surface area contributed by atoms with Gasteiger partial charge in [-0.15, -0.1) is 13.1 Å². The van der Waals surface area contributed by atoms with Crippen LogP contribution in [-0.2, 0) is 42.1 Å². The number of rotatable bonds is 7. The molecule has 0 aliphatic carbocycles. The molecule has 28 heavy (non-hydrogen) atoms. The summed E-state index contributed by atoms with van der Waals surface area (Å²) in [6, 6.07) is 1.88. The molecule has 1 rings (SSSR count). The number of hydrogen-bond donors (Lipinski definition) is 0. The number of nitrogens with zero attached hydrogens (tertiary/aromatic N) is 3. The topological polar surface area (TPSA) is 9.72 Å². The second kappa shape index (κ2) is 20.2. The van der Waals surface area contributed by atoms with Crippen LogP contribution in [0.25, 0.3) is 0 Å². The first-order valence-corrected chi connectivity index (χ1v) is 10.3. The molecule has 5 heteroatoms. The van der Waals surface area contributed by atoms with E-state index in [2.05, 4.69) is 93.0 Å². The Bertz CT molecular complexity index is 317. The zero-order valence-electron chi connectivity index (χ0n) is 20.2. The molecule has 0 unspecified atom stereocenters. The third-order valence-electron chi connectivity index (χ3n) is 4.92. The van der Waals surface area contributed by atoms with Crippen LogP contribution in [0.4, 0.5) is 0 Å². The zero-order valence-corrected chi connectivity index (χ0v) is 26.0. The van der Waals surface area contributed by atoms with Gasteiger partial charge in [-0.1, -0.05) is 48.1 Å². The fourth-order valence-corrected chi connectivity index (χ4v) is 2.68. The first kappa shape index (κ1) is 36.6. The van der Waals surface area contributed by atoms with Crippen molar-refractivity contribution >= 4 is 0 Å². The van der Waals surface area contributed by atoms with Gasteiger partial charge >= 0.3 is 42.1 Å². The van der Waals surface area contributed by atoms with Gasteiger partial charge in [0.1, 0.15) is 0 Å². The van der Waals surface area contributed by atoms with Crippen LogP contribution in [0, 0.1) is 33.2 Å². The van der Waals surface area contributed by atoms with E-state index in [9.17, 15) is 0 Å². The largest absolute Gasteiger partial charge is 2.00 e. The summed E-state index contributed by atoms with van der Waals surface area (Å²) in [4.78, 5) is 6.78. The Morgan fingerprint density at radius 3 is 1.46 bits per heavy atom. The van der Waals surface area contributed by atoms with E-state index < -0.39 is 0 Å². The molecule has 1 aliphatic heterocycles. The van der Waals surface area contributed by atoms with Crippen molar-refractivity contribution in [2.75, 3.05) is 32.7 Å². The molecule has 1 aliphatic rings.